The first kappa shape index (κ1) is 25.4. The van der Waals surface area contributed by atoms with Crippen molar-refractivity contribution in [2.45, 2.75) is 39.3 Å². The molecule has 7 heteroatoms. The first-order valence-electron chi connectivity index (χ1n) is 10.6. The average Bonchev–Trinajstić information content (AvgIpc) is 3.07. The number of para-hydroxylation sites is 3. The molecule has 0 aliphatic carbocycles. The van der Waals surface area contributed by atoms with E-state index >= 15 is 0 Å². The standard InChI is InChI=1S/C25H30N2OSi.2ClH.Zr/c1-25(2,3)20-14-11-17-23(24(20)28)29(5,6)26(4)27-21-15-9-7-12-18(21)19-13-8-10-16-22(19)27;;;/h7-17,28H,1-6H3;2*1H;/q;;;+2/p-2. The number of halogens is 2. The van der Waals surface area contributed by atoms with Gasteiger partial charge < -0.3 is 9.78 Å². The molecule has 0 amide bonds. The van der Waals surface area contributed by atoms with Gasteiger partial charge in [0, 0.05) is 23.0 Å². The number of fused-ring (bicyclic) bond motifs is 3. The molecule has 0 saturated carbocycles. The summed E-state index contributed by atoms with van der Waals surface area (Å²) in [6, 6.07) is 23.4. The molecule has 32 heavy (non-hydrogen) atoms. The number of aromatic nitrogens is 1. The number of hydrogen-bond donors (Lipinski definition) is 1. The fourth-order valence-corrected chi connectivity index (χ4v) is 6.57. The van der Waals surface area contributed by atoms with Crippen LogP contribution in [-0.2, 0) is 26.3 Å². The van der Waals surface area contributed by atoms with E-state index in [4.69, 9.17) is 17.0 Å². The van der Waals surface area contributed by atoms with Gasteiger partial charge in [0.15, 0.2) is 0 Å². The van der Waals surface area contributed by atoms with Crippen molar-refractivity contribution in [1.29, 1.82) is 0 Å². The van der Waals surface area contributed by atoms with Gasteiger partial charge in [0.1, 0.15) is 5.75 Å². The number of rotatable bonds is 3. The van der Waals surface area contributed by atoms with Crippen molar-refractivity contribution in [1.82, 2.24) is 4.68 Å². The van der Waals surface area contributed by atoms with Crippen molar-refractivity contribution in [3.8, 4) is 5.75 Å². The van der Waals surface area contributed by atoms with Gasteiger partial charge in [-0.15, -0.1) is 0 Å². The van der Waals surface area contributed by atoms with Crippen LogP contribution in [0, 0.1) is 0 Å². The molecule has 0 spiro atoms. The Bertz CT molecular complexity index is 1180. The average molecular weight is 565 g/mol. The molecule has 0 atom stereocenters. The van der Waals surface area contributed by atoms with Gasteiger partial charge in [0.2, 0.25) is 8.24 Å². The molecule has 0 fully saturated rings. The summed E-state index contributed by atoms with van der Waals surface area (Å²) in [4.78, 5) is 0. The topological polar surface area (TPSA) is 28.4 Å². The molecule has 0 saturated heterocycles. The molecule has 4 aromatic rings. The van der Waals surface area contributed by atoms with E-state index in [-0.39, 0.29) is 5.41 Å². The van der Waals surface area contributed by atoms with Gasteiger partial charge >= 0.3 is 37.9 Å². The second-order valence-electron chi connectivity index (χ2n) is 9.45. The van der Waals surface area contributed by atoms with Crippen LogP contribution in [0.25, 0.3) is 21.8 Å². The van der Waals surface area contributed by atoms with Crippen LogP contribution in [0.4, 0.5) is 0 Å². The Morgan fingerprint density at radius 1 is 0.844 bits per heavy atom. The van der Waals surface area contributed by atoms with Gasteiger partial charge in [0.05, 0.1) is 11.0 Å². The van der Waals surface area contributed by atoms with Crippen LogP contribution < -0.4 is 9.86 Å². The monoisotopic (exact) mass is 562 g/mol. The third kappa shape index (κ3) is 4.68. The van der Waals surface area contributed by atoms with Crippen LogP contribution in [0.5, 0.6) is 5.75 Å². The molecule has 0 aliphatic heterocycles. The summed E-state index contributed by atoms with van der Waals surface area (Å²) in [6.45, 7) is 11.1. The Morgan fingerprint density at radius 3 is 1.78 bits per heavy atom. The van der Waals surface area contributed by atoms with Gasteiger partial charge in [-0.1, -0.05) is 75.4 Å². The van der Waals surface area contributed by atoms with Crippen molar-refractivity contribution >= 4 is 52.3 Å². The molecule has 3 aromatic carbocycles. The predicted molar refractivity (Wildman–Crippen MR) is 139 cm³/mol. The van der Waals surface area contributed by atoms with E-state index in [0.29, 0.717) is 5.75 Å². The van der Waals surface area contributed by atoms with Crippen molar-refractivity contribution < 1.29 is 26.0 Å². The first-order valence-corrected chi connectivity index (χ1v) is 19.8. The first-order chi connectivity index (χ1) is 15.1. The number of phenols is 1. The molecular formula is C25H30Cl2N2OSiZr. The van der Waals surface area contributed by atoms with Gasteiger partial charge in [-0.3, -0.25) is 4.68 Å². The molecule has 4 rings (SSSR count). The van der Waals surface area contributed by atoms with E-state index in [0.717, 1.165) is 10.8 Å². The SMILES string of the molecule is CN(n1c2ccccc2c2ccccc21)[Si](C)(C)c1cccc(C(C)(C)C)c1O.[Cl][Zr][Cl]. The minimum atomic E-state index is -2.23. The van der Waals surface area contributed by atoms with E-state index in [9.17, 15) is 5.11 Å². The number of phenolic OH excluding ortho intramolecular Hbond substituents is 1. The molecule has 0 radical (unpaired) electrons. The molecule has 0 unspecified atom stereocenters. The maximum atomic E-state index is 11.2. The van der Waals surface area contributed by atoms with Crippen LogP contribution >= 0.6 is 17.0 Å². The van der Waals surface area contributed by atoms with Crippen LogP contribution in [0.3, 0.4) is 0 Å². The fourth-order valence-electron chi connectivity index (χ4n) is 4.29. The molecule has 1 heterocycles. The fraction of sp³-hybridized carbons (Fsp3) is 0.280. The zero-order valence-electron chi connectivity index (χ0n) is 19.4. The molecule has 168 valence electrons. The summed E-state index contributed by atoms with van der Waals surface area (Å²) >= 11 is -0.826. The molecule has 0 aliphatic rings. The van der Waals surface area contributed by atoms with E-state index in [1.165, 1.54) is 21.8 Å². The molecular weight excluding hydrogens is 535 g/mol. The molecule has 1 aromatic heterocycles. The van der Waals surface area contributed by atoms with Crippen molar-refractivity contribution in [3.63, 3.8) is 0 Å². The second-order valence-corrected chi connectivity index (χ2v) is 17.5. The summed E-state index contributed by atoms with van der Waals surface area (Å²) in [5.41, 5.74) is 3.30. The predicted octanol–water partition coefficient (Wildman–Crippen LogP) is 6.85. The van der Waals surface area contributed by atoms with Crippen LogP contribution in [0.1, 0.15) is 26.3 Å². The third-order valence-electron chi connectivity index (χ3n) is 6.17. The van der Waals surface area contributed by atoms with Crippen molar-refractivity contribution in [2.75, 3.05) is 11.7 Å². The van der Waals surface area contributed by atoms with Crippen LogP contribution in [-0.4, -0.2) is 25.1 Å². The van der Waals surface area contributed by atoms with Crippen LogP contribution in [0.2, 0.25) is 13.1 Å². The number of nitrogens with zero attached hydrogens (tertiary/aromatic N) is 2. The molecule has 0 bridgehead atoms. The summed E-state index contributed by atoms with van der Waals surface area (Å²) in [5.74, 6) is 0.448. The normalized spacial score (nSPS) is 11.9. The summed E-state index contributed by atoms with van der Waals surface area (Å²) in [5, 5.41) is 14.8. The summed E-state index contributed by atoms with van der Waals surface area (Å²) in [6.07, 6.45) is 0. The Kier molecular flexibility index (Phi) is 7.87. The number of benzene rings is 3. The number of aromatic hydroxyl groups is 1. The molecule has 1 N–H and O–H groups in total. The van der Waals surface area contributed by atoms with Gasteiger partial charge in [-0.05, 0) is 36.2 Å². The second kappa shape index (κ2) is 9.93. The minimum absolute atomic E-state index is 0.101. The zero-order valence-corrected chi connectivity index (χ0v) is 24.4. The van der Waals surface area contributed by atoms with Crippen molar-refractivity contribution in [2.24, 2.45) is 0 Å². The van der Waals surface area contributed by atoms with Crippen LogP contribution in [0.15, 0.2) is 66.7 Å². The van der Waals surface area contributed by atoms with Crippen molar-refractivity contribution in [3.05, 3.63) is 72.3 Å². The maximum absolute atomic E-state index is 11.2. The quantitative estimate of drug-likeness (QED) is 0.276. The molecule has 3 nitrogen and oxygen atoms in total. The van der Waals surface area contributed by atoms with Gasteiger partial charge in [0.25, 0.3) is 0 Å². The van der Waals surface area contributed by atoms with E-state index in [1.54, 1.807) is 0 Å². The Labute approximate surface area is 210 Å². The third-order valence-corrected chi connectivity index (χ3v) is 9.71. The zero-order chi connectivity index (χ0) is 23.7. The summed E-state index contributed by atoms with van der Waals surface area (Å²) < 4.78 is 4.71. The Hall–Kier alpha value is -1.26. The van der Waals surface area contributed by atoms with E-state index < -0.39 is 29.1 Å². The summed E-state index contributed by atoms with van der Waals surface area (Å²) in [7, 11) is 9.80. The van der Waals surface area contributed by atoms with E-state index in [2.05, 4.69) is 111 Å². The Balaban J connectivity index is 0.000000913. The van der Waals surface area contributed by atoms with Gasteiger partial charge in [-0.2, -0.15) is 0 Å². The van der Waals surface area contributed by atoms with Gasteiger partial charge in [-0.25, -0.2) is 0 Å². The number of hydrogen-bond acceptors (Lipinski definition) is 2. The Morgan fingerprint density at radius 2 is 1.31 bits per heavy atom. The van der Waals surface area contributed by atoms with E-state index in [1.807, 2.05) is 6.07 Å².